The van der Waals surface area contributed by atoms with Crippen LogP contribution in [0.2, 0.25) is 0 Å². The minimum Gasteiger partial charge on any atom is -0.335 e. The fraction of sp³-hybridized carbons (Fsp3) is 0.750. The van der Waals surface area contributed by atoms with Crippen LogP contribution in [-0.2, 0) is 13.0 Å². The van der Waals surface area contributed by atoms with Crippen LogP contribution < -0.4 is 5.32 Å². The van der Waals surface area contributed by atoms with Crippen LogP contribution in [0.4, 0.5) is 0 Å². The van der Waals surface area contributed by atoms with Gasteiger partial charge in [0.1, 0.15) is 5.82 Å². The molecule has 3 nitrogen and oxygen atoms in total. The number of hydrogen-bond acceptors (Lipinski definition) is 3. The largest absolute Gasteiger partial charge is 0.335 e. The minimum atomic E-state index is 0.772. The fourth-order valence-electron chi connectivity index (χ4n) is 2.63. The molecule has 1 aromatic heterocycles. The lowest BCUT2D eigenvalue weighted by Crippen LogP contribution is -2.36. The van der Waals surface area contributed by atoms with E-state index in [9.17, 15) is 0 Å². The number of aryl methyl sites for hydroxylation is 1. The van der Waals surface area contributed by atoms with Crippen molar-refractivity contribution in [3.8, 4) is 0 Å². The normalized spacial score (nSPS) is 29.2. The van der Waals surface area contributed by atoms with E-state index < -0.39 is 0 Å². The lowest BCUT2D eigenvalue weighted by molar-refractivity contribution is 0.336. The van der Waals surface area contributed by atoms with Crippen LogP contribution in [0.25, 0.3) is 0 Å². The quantitative estimate of drug-likeness (QED) is 0.865. The summed E-state index contributed by atoms with van der Waals surface area (Å²) in [7, 11) is 0. The highest BCUT2D eigenvalue weighted by molar-refractivity contribution is 7.99. The standard InChI is InChI=1S/C12H19N3S/c1-2-12-13-4-5-15(12)8-10(1)7-14-11-3-6-16-9-11/h4-5,10-11,14H,1-3,6-9H2. The molecule has 88 valence electrons. The second-order valence-corrected chi connectivity index (χ2v) is 6.02. The average Bonchev–Trinajstić information content (AvgIpc) is 2.97. The molecule has 0 bridgehead atoms. The first-order valence-corrected chi connectivity index (χ1v) is 7.38. The van der Waals surface area contributed by atoms with Crippen LogP contribution in [0.15, 0.2) is 12.4 Å². The number of thioether (sulfide) groups is 1. The van der Waals surface area contributed by atoms with Gasteiger partial charge in [0.2, 0.25) is 0 Å². The number of rotatable bonds is 3. The summed E-state index contributed by atoms with van der Waals surface area (Å²) >= 11 is 2.08. The predicted octanol–water partition coefficient (Wildman–Crippen LogP) is 1.54. The van der Waals surface area contributed by atoms with Crippen LogP contribution in [0.5, 0.6) is 0 Å². The molecule has 16 heavy (non-hydrogen) atoms. The van der Waals surface area contributed by atoms with Crippen LogP contribution in [0.3, 0.4) is 0 Å². The van der Waals surface area contributed by atoms with Gasteiger partial charge >= 0.3 is 0 Å². The number of aromatic nitrogens is 2. The lowest BCUT2D eigenvalue weighted by Gasteiger charge is -2.25. The fourth-order valence-corrected chi connectivity index (χ4v) is 3.82. The highest BCUT2D eigenvalue weighted by atomic mass is 32.2. The number of fused-ring (bicyclic) bond motifs is 1. The van der Waals surface area contributed by atoms with Gasteiger partial charge < -0.3 is 9.88 Å². The first-order chi connectivity index (χ1) is 7.92. The zero-order chi connectivity index (χ0) is 10.8. The van der Waals surface area contributed by atoms with Gasteiger partial charge in [-0.1, -0.05) is 0 Å². The molecule has 0 aliphatic carbocycles. The maximum atomic E-state index is 4.37. The van der Waals surface area contributed by atoms with E-state index >= 15 is 0 Å². The third-order valence-corrected chi connectivity index (χ3v) is 4.82. The number of hydrogen-bond donors (Lipinski definition) is 1. The Hall–Kier alpha value is -0.480. The van der Waals surface area contributed by atoms with Crippen LogP contribution >= 0.6 is 11.8 Å². The molecule has 4 heteroatoms. The molecule has 1 saturated heterocycles. The topological polar surface area (TPSA) is 29.9 Å². The number of nitrogens with zero attached hydrogens (tertiary/aromatic N) is 2. The van der Waals surface area contributed by atoms with Gasteiger partial charge in [-0.05, 0) is 31.1 Å². The summed E-state index contributed by atoms with van der Waals surface area (Å²) in [5.74, 6) is 4.72. The molecule has 0 radical (unpaired) electrons. The van der Waals surface area contributed by atoms with E-state index in [2.05, 4.69) is 32.8 Å². The summed E-state index contributed by atoms with van der Waals surface area (Å²) in [4.78, 5) is 4.37. The zero-order valence-electron chi connectivity index (χ0n) is 9.56. The molecule has 1 N–H and O–H groups in total. The second kappa shape index (κ2) is 4.80. The molecule has 1 aromatic rings. The Labute approximate surface area is 101 Å². The van der Waals surface area contributed by atoms with Gasteiger partial charge in [-0.2, -0.15) is 11.8 Å². The Morgan fingerprint density at radius 2 is 2.50 bits per heavy atom. The van der Waals surface area contributed by atoms with Gasteiger partial charge in [-0.25, -0.2) is 4.98 Å². The van der Waals surface area contributed by atoms with Gasteiger partial charge in [0.15, 0.2) is 0 Å². The third-order valence-electron chi connectivity index (χ3n) is 3.66. The van der Waals surface area contributed by atoms with Gasteiger partial charge in [0.25, 0.3) is 0 Å². The van der Waals surface area contributed by atoms with Crippen molar-refractivity contribution < 1.29 is 0 Å². The summed E-state index contributed by atoms with van der Waals surface area (Å²) in [5, 5.41) is 3.72. The van der Waals surface area contributed by atoms with Crippen LogP contribution in [0, 0.1) is 5.92 Å². The first kappa shape index (κ1) is 10.7. The van der Waals surface area contributed by atoms with Crippen molar-refractivity contribution in [2.75, 3.05) is 18.1 Å². The summed E-state index contributed by atoms with van der Waals surface area (Å²) < 4.78 is 2.32. The molecule has 0 aromatic carbocycles. The zero-order valence-corrected chi connectivity index (χ0v) is 10.4. The molecule has 1 fully saturated rings. The highest BCUT2D eigenvalue weighted by Crippen LogP contribution is 2.20. The van der Waals surface area contributed by atoms with E-state index in [1.54, 1.807) is 0 Å². The molecule has 2 atom stereocenters. The number of imidazole rings is 1. The monoisotopic (exact) mass is 237 g/mol. The van der Waals surface area contributed by atoms with Crippen molar-refractivity contribution in [2.45, 2.75) is 31.8 Å². The maximum Gasteiger partial charge on any atom is 0.108 e. The Morgan fingerprint density at radius 1 is 1.50 bits per heavy atom. The SMILES string of the molecule is c1cn2c(n1)CCC(CNC1CCSC1)C2. The van der Waals surface area contributed by atoms with Crippen LogP contribution in [-0.4, -0.2) is 33.6 Å². The van der Waals surface area contributed by atoms with E-state index in [1.807, 2.05) is 6.20 Å². The van der Waals surface area contributed by atoms with Crippen molar-refractivity contribution in [3.05, 3.63) is 18.2 Å². The lowest BCUT2D eigenvalue weighted by atomic mass is 9.99. The molecular formula is C12H19N3S. The van der Waals surface area contributed by atoms with Crippen molar-refractivity contribution in [3.63, 3.8) is 0 Å². The van der Waals surface area contributed by atoms with Gasteiger partial charge in [-0.15, -0.1) is 0 Å². The Balaban J connectivity index is 1.50. The molecule has 3 heterocycles. The molecule has 3 rings (SSSR count). The Morgan fingerprint density at radius 3 is 3.38 bits per heavy atom. The van der Waals surface area contributed by atoms with Crippen LogP contribution in [0.1, 0.15) is 18.7 Å². The first-order valence-electron chi connectivity index (χ1n) is 6.23. The smallest absolute Gasteiger partial charge is 0.108 e. The predicted molar refractivity (Wildman–Crippen MR) is 67.8 cm³/mol. The summed E-state index contributed by atoms with van der Waals surface area (Å²) in [6.45, 7) is 2.34. The Bertz CT molecular complexity index is 344. The third kappa shape index (κ3) is 2.28. The molecule has 0 spiro atoms. The van der Waals surface area contributed by atoms with Gasteiger partial charge in [0.05, 0.1) is 0 Å². The molecular weight excluding hydrogens is 218 g/mol. The van der Waals surface area contributed by atoms with Gasteiger partial charge in [0, 0.05) is 37.2 Å². The maximum absolute atomic E-state index is 4.37. The van der Waals surface area contributed by atoms with E-state index in [0.29, 0.717) is 0 Å². The summed E-state index contributed by atoms with van der Waals surface area (Å²) in [6, 6.07) is 0.772. The second-order valence-electron chi connectivity index (χ2n) is 4.87. The van der Waals surface area contributed by atoms with Gasteiger partial charge in [-0.3, -0.25) is 0 Å². The minimum absolute atomic E-state index is 0.772. The molecule has 0 saturated carbocycles. The van der Waals surface area contributed by atoms with Crippen molar-refractivity contribution in [1.29, 1.82) is 0 Å². The highest BCUT2D eigenvalue weighted by Gasteiger charge is 2.21. The van der Waals surface area contributed by atoms with Crippen molar-refractivity contribution in [2.24, 2.45) is 5.92 Å². The Kier molecular flexibility index (Phi) is 3.20. The molecule has 2 unspecified atom stereocenters. The molecule has 2 aliphatic rings. The summed E-state index contributed by atoms with van der Waals surface area (Å²) in [6.07, 6.45) is 7.85. The molecule has 2 aliphatic heterocycles. The number of nitrogens with one attached hydrogen (secondary N) is 1. The molecule has 0 amide bonds. The van der Waals surface area contributed by atoms with E-state index in [-0.39, 0.29) is 0 Å². The van der Waals surface area contributed by atoms with E-state index in [4.69, 9.17) is 0 Å². The van der Waals surface area contributed by atoms with Crippen molar-refractivity contribution in [1.82, 2.24) is 14.9 Å². The van der Waals surface area contributed by atoms with E-state index in [0.717, 1.165) is 24.9 Å². The van der Waals surface area contributed by atoms with Crippen molar-refractivity contribution >= 4 is 11.8 Å². The van der Waals surface area contributed by atoms with E-state index in [1.165, 1.54) is 36.7 Å². The summed E-state index contributed by atoms with van der Waals surface area (Å²) in [5.41, 5.74) is 0. The average molecular weight is 237 g/mol.